The summed E-state index contributed by atoms with van der Waals surface area (Å²) in [7, 11) is -1.13. The fraction of sp³-hybridized carbons (Fsp3) is 0.222. The number of benzene rings is 1. The molecule has 0 fully saturated rings. The third-order valence-electron chi connectivity index (χ3n) is 1.41. The van der Waals surface area contributed by atoms with Gasteiger partial charge in [-0.2, -0.15) is 0 Å². The van der Waals surface area contributed by atoms with Crippen molar-refractivity contribution < 1.29 is 13.7 Å². The molecule has 0 spiro atoms. The summed E-state index contributed by atoms with van der Waals surface area (Å²) in [5, 5.41) is 0. The lowest BCUT2D eigenvalue weighted by Crippen LogP contribution is -2.04. The molecule has 13 heavy (non-hydrogen) atoms. The minimum atomic E-state index is -1.13. The summed E-state index contributed by atoms with van der Waals surface area (Å²) in [4.78, 5) is 11.2. The van der Waals surface area contributed by atoms with Gasteiger partial charge in [-0.1, -0.05) is 12.1 Å². The maximum atomic E-state index is 11.2. The number of rotatable bonds is 2. The predicted molar refractivity (Wildman–Crippen MR) is 50.1 cm³/mol. The van der Waals surface area contributed by atoms with E-state index in [0.29, 0.717) is 10.6 Å². The first-order valence-corrected chi connectivity index (χ1v) is 5.28. The van der Waals surface area contributed by atoms with Crippen LogP contribution in [0.1, 0.15) is 6.92 Å². The predicted octanol–water partition coefficient (Wildman–Crippen LogP) is 1.35. The lowest BCUT2D eigenvalue weighted by molar-refractivity contribution is -0.132. The molecule has 0 amide bonds. The van der Waals surface area contributed by atoms with E-state index < -0.39 is 16.8 Å². The van der Waals surface area contributed by atoms with E-state index in [1.54, 1.807) is 30.5 Å². The molecule has 4 heteroatoms. The zero-order valence-corrected chi connectivity index (χ0v) is 8.26. The second kappa shape index (κ2) is 4.18. The van der Waals surface area contributed by atoms with Gasteiger partial charge < -0.3 is 4.74 Å². The van der Waals surface area contributed by atoms with E-state index in [1.165, 1.54) is 6.92 Å². The van der Waals surface area contributed by atoms with Crippen LogP contribution in [-0.4, -0.2) is 16.4 Å². The molecule has 1 atom stereocenters. The highest BCUT2D eigenvalue weighted by Crippen LogP contribution is 2.20. The van der Waals surface area contributed by atoms with E-state index in [9.17, 15) is 9.00 Å². The summed E-state index contributed by atoms with van der Waals surface area (Å²) >= 11 is 0. The van der Waals surface area contributed by atoms with Crippen molar-refractivity contribution in [3.8, 4) is 5.75 Å². The Morgan fingerprint density at radius 3 is 2.54 bits per heavy atom. The van der Waals surface area contributed by atoms with Gasteiger partial charge >= 0.3 is 5.97 Å². The van der Waals surface area contributed by atoms with Crippen LogP contribution in [0.25, 0.3) is 0 Å². The number of para-hydroxylation sites is 1. The lowest BCUT2D eigenvalue weighted by Gasteiger charge is -2.04. The van der Waals surface area contributed by atoms with E-state index in [-0.39, 0.29) is 0 Å². The van der Waals surface area contributed by atoms with Gasteiger partial charge in [0.05, 0.1) is 15.7 Å². The molecule has 1 aromatic rings. The van der Waals surface area contributed by atoms with Gasteiger partial charge in [0.25, 0.3) is 0 Å². The highest BCUT2D eigenvalue weighted by molar-refractivity contribution is 7.84. The third kappa shape index (κ3) is 2.66. The van der Waals surface area contributed by atoms with Crippen LogP contribution in [0.15, 0.2) is 29.2 Å². The first-order chi connectivity index (χ1) is 6.11. The third-order valence-corrected chi connectivity index (χ3v) is 2.37. The molecule has 0 radical (unpaired) electrons. The number of carbonyl (C=O) groups is 1. The lowest BCUT2D eigenvalue weighted by atomic mass is 10.3. The van der Waals surface area contributed by atoms with Gasteiger partial charge in [0.15, 0.2) is 0 Å². The second-order valence-electron chi connectivity index (χ2n) is 2.49. The average molecular weight is 198 g/mol. The van der Waals surface area contributed by atoms with Crippen molar-refractivity contribution in [3.05, 3.63) is 24.3 Å². The van der Waals surface area contributed by atoms with Crippen LogP contribution in [-0.2, 0) is 15.6 Å². The molecule has 1 unspecified atom stereocenters. The Kier molecular flexibility index (Phi) is 3.19. The summed E-state index contributed by atoms with van der Waals surface area (Å²) in [6, 6.07) is 6.78. The molecule has 0 saturated carbocycles. The molecule has 0 saturated heterocycles. The van der Waals surface area contributed by atoms with Crippen LogP contribution in [0.3, 0.4) is 0 Å². The van der Waals surface area contributed by atoms with Gasteiger partial charge in [0, 0.05) is 13.2 Å². The van der Waals surface area contributed by atoms with Crippen LogP contribution < -0.4 is 4.74 Å². The Bertz CT molecular complexity index is 346. The van der Waals surface area contributed by atoms with Gasteiger partial charge in [0.1, 0.15) is 5.75 Å². The highest BCUT2D eigenvalue weighted by atomic mass is 32.2. The van der Waals surface area contributed by atoms with Gasteiger partial charge in [0.2, 0.25) is 0 Å². The zero-order valence-electron chi connectivity index (χ0n) is 7.44. The summed E-state index contributed by atoms with van der Waals surface area (Å²) in [6.45, 7) is 1.31. The van der Waals surface area contributed by atoms with Crippen molar-refractivity contribution in [2.45, 2.75) is 11.8 Å². The summed E-state index contributed by atoms with van der Waals surface area (Å²) in [5.74, 6) is -0.0336. The van der Waals surface area contributed by atoms with Gasteiger partial charge in [-0.05, 0) is 12.1 Å². The molecular formula is C9H10O3S. The highest BCUT2D eigenvalue weighted by Gasteiger charge is 2.07. The Morgan fingerprint density at radius 1 is 1.38 bits per heavy atom. The minimum Gasteiger partial charge on any atom is -0.425 e. The molecule has 3 nitrogen and oxygen atoms in total. The monoisotopic (exact) mass is 198 g/mol. The first kappa shape index (κ1) is 9.92. The molecule has 0 bridgehead atoms. The average Bonchev–Trinajstić information content (AvgIpc) is 2.03. The maximum Gasteiger partial charge on any atom is 0.308 e. The van der Waals surface area contributed by atoms with Crippen LogP contribution in [0.4, 0.5) is 0 Å². The van der Waals surface area contributed by atoms with Gasteiger partial charge in [-0.15, -0.1) is 0 Å². The number of hydrogen-bond donors (Lipinski definition) is 0. The molecule has 0 aromatic heterocycles. The molecule has 1 aromatic carbocycles. The molecule has 0 aliphatic heterocycles. The van der Waals surface area contributed by atoms with E-state index in [2.05, 4.69) is 0 Å². The Balaban J connectivity index is 3.04. The molecule has 0 aliphatic rings. The normalized spacial score (nSPS) is 12.2. The van der Waals surface area contributed by atoms with Crippen molar-refractivity contribution in [2.75, 3.05) is 6.26 Å². The summed E-state index contributed by atoms with van der Waals surface area (Å²) in [6.07, 6.45) is 1.54. The maximum absolute atomic E-state index is 11.2. The van der Waals surface area contributed by atoms with E-state index in [1.807, 2.05) is 0 Å². The largest absolute Gasteiger partial charge is 0.425 e. The van der Waals surface area contributed by atoms with E-state index in [0.717, 1.165) is 0 Å². The van der Waals surface area contributed by atoms with Gasteiger partial charge in [-0.3, -0.25) is 9.00 Å². The van der Waals surface area contributed by atoms with Crippen molar-refractivity contribution in [2.24, 2.45) is 0 Å². The zero-order chi connectivity index (χ0) is 9.84. The smallest absolute Gasteiger partial charge is 0.308 e. The number of ether oxygens (including phenoxy) is 1. The van der Waals surface area contributed by atoms with E-state index >= 15 is 0 Å². The van der Waals surface area contributed by atoms with Crippen LogP contribution in [0.5, 0.6) is 5.75 Å². The standard InChI is InChI=1S/C9H10O3S/c1-7(10)12-8-5-3-4-6-9(8)13(2)11/h3-6H,1-2H3. The SMILES string of the molecule is CC(=O)Oc1ccccc1S(C)=O. The molecule has 1 rings (SSSR count). The fourth-order valence-electron chi connectivity index (χ4n) is 0.927. The second-order valence-corrected chi connectivity index (χ2v) is 3.84. The van der Waals surface area contributed by atoms with Crippen molar-refractivity contribution in [1.29, 1.82) is 0 Å². The molecule has 0 aliphatic carbocycles. The van der Waals surface area contributed by atoms with Crippen LogP contribution >= 0.6 is 0 Å². The van der Waals surface area contributed by atoms with E-state index in [4.69, 9.17) is 4.74 Å². The Hall–Kier alpha value is -1.16. The summed E-state index contributed by atoms with van der Waals surface area (Å²) < 4.78 is 16.0. The number of hydrogen-bond acceptors (Lipinski definition) is 3. The van der Waals surface area contributed by atoms with Crippen LogP contribution in [0.2, 0.25) is 0 Å². The molecule has 0 N–H and O–H groups in total. The quantitative estimate of drug-likeness (QED) is 0.532. The first-order valence-electron chi connectivity index (χ1n) is 3.72. The fourth-order valence-corrected chi connectivity index (χ4v) is 1.59. The number of esters is 1. The molecular weight excluding hydrogens is 188 g/mol. The molecule has 70 valence electrons. The number of carbonyl (C=O) groups excluding carboxylic acids is 1. The van der Waals surface area contributed by atoms with Crippen LogP contribution in [0, 0.1) is 0 Å². The Morgan fingerprint density at radius 2 is 2.00 bits per heavy atom. The molecule has 0 heterocycles. The topological polar surface area (TPSA) is 43.4 Å². The van der Waals surface area contributed by atoms with Crippen molar-refractivity contribution in [1.82, 2.24) is 0 Å². The van der Waals surface area contributed by atoms with Crippen molar-refractivity contribution >= 4 is 16.8 Å². The Labute approximate surface area is 79.2 Å². The van der Waals surface area contributed by atoms with Gasteiger partial charge in [-0.25, -0.2) is 0 Å². The summed E-state index contributed by atoms with van der Waals surface area (Å²) in [5.41, 5.74) is 0. The van der Waals surface area contributed by atoms with Crippen molar-refractivity contribution in [3.63, 3.8) is 0 Å². The minimum absolute atomic E-state index is 0.371.